The van der Waals surface area contributed by atoms with Gasteiger partial charge in [-0.3, -0.25) is 0 Å². The van der Waals surface area contributed by atoms with Crippen molar-refractivity contribution in [2.45, 2.75) is 18.6 Å². The number of hydrogen-bond donors (Lipinski definition) is 2. The summed E-state index contributed by atoms with van der Waals surface area (Å²) >= 11 is 0. The Morgan fingerprint density at radius 2 is 1.91 bits per heavy atom. The van der Waals surface area contributed by atoms with E-state index in [1.54, 1.807) is 0 Å². The number of carboxylic acid groups (broad SMARTS) is 2. The lowest BCUT2D eigenvalue weighted by Crippen LogP contribution is -2.65. The summed E-state index contributed by atoms with van der Waals surface area (Å²) in [7, 11) is 1.45. The largest absolute Gasteiger partial charge is 0.542 e. The van der Waals surface area contributed by atoms with Crippen LogP contribution in [0.5, 0.6) is 5.75 Å². The molecule has 0 aliphatic rings. The zero-order valence-electron chi connectivity index (χ0n) is 11.3. The molecule has 10 heteroatoms. The van der Waals surface area contributed by atoms with E-state index >= 15 is 0 Å². The molecule has 1 aromatic rings. The summed E-state index contributed by atoms with van der Waals surface area (Å²) in [6.07, 6.45) is -5.05. The highest BCUT2D eigenvalue weighted by Gasteiger charge is 2.28. The standard InChI is InChI=1S/C10H12FNO3.C2HF3O2/c1-15-9-3-2-7(11)4-6(9)5-8(12)10(13)14;3-2(4,5)1(6)7/h2-4,8H,5,12H2,1H3,(H,13,14);(H,6,7). The number of rotatable bonds is 4. The lowest BCUT2D eigenvalue weighted by molar-refractivity contribution is -0.407. The first-order chi connectivity index (χ1) is 9.98. The molecule has 0 aliphatic carbocycles. The number of benzene rings is 1. The first-order valence-corrected chi connectivity index (χ1v) is 5.65. The van der Waals surface area contributed by atoms with Gasteiger partial charge in [0.2, 0.25) is 0 Å². The minimum absolute atomic E-state index is 0.149. The third-order valence-corrected chi connectivity index (χ3v) is 2.29. The van der Waals surface area contributed by atoms with Crippen molar-refractivity contribution in [1.82, 2.24) is 0 Å². The van der Waals surface area contributed by atoms with Gasteiger partial charge in [0.25, 0.3) is 0 Å². The number of aliphatic carboxylic acids is 2. The summed E-state index contributed by atoms with van der Waals surface area (Å²) in [6.45, 7) is 0. The minimum Gasteiger partial charge on any atom is -0.542 e. The van der Waals surface area contributed by atoms with E-state index in [0.717, 1.165) is 0 Å². The van der Waals surface area contributed by atoms with E-state index in [2.05, 4.69) is 5.73 Å². The predicted molar refractivity (Wildman–Crippen MR) is 62.0 cm³/mol. The van der Waals surface area contributed by atoms with Gasteiger partial charge < -0.3 is 25.5 Å². The van der Waals surface area contributed by atoms with Crippen molar-refractivity contribution in [3.63, 3.8) is 0 Å². The van der Waals surface area contributed by atoms with E-state index < -0.39 is 30.0 Å². The van der Waals surface area contributed by atoms with E-state index in [-0.39, 0.29) is 6.42 Å². The number of ether oxygens (including phenoxy) is 1. The molecule has 0 spiro atoms. The Labute approximate surface area is 122 Å². The Balaban J connectivity index is 0.000000534. The molecule has 1 unspecified atom stereocenters. The van der Waals surface area contributed by atoms with Crippen molar-refractivity contribution in [2.75, 3.05) is 7.11 Å². The van der Waals surface area contributed by atoms with E-state index in [1.807, 2.05) is 0 Å². The summed E-state index contributed by atoms with van der Waals surface area (Å²) in [5.41, 5.74) is 3.97. The summed E-state index contributed by atoms with van der Waals surface area (Å²) in [4.78, 5) is 19.4. The molecule has 0 fully saturated rings. The molecule has 4 N–H and O–H groups in total. The zero-order chi connectivity index (χ0) is 17.5. The quantitative estimate of drug-likeness (QED) is 0.715. The van der Waals surface area contributed by atoms with Crippen LogP contribution >= 0.6 is 0 Å². The molecule has 0 aliphatic heterocycles. The summed E-state index contributed by atoms with van der Waals surface area (Å²) < 4.78 is 49.5. The van der Waals surface area contributed by atoms with Gasteiger partial charge in [-0.25, -0.2) is 9.18 Å². The van der Waals surface area contributed by atoms with E-state index in [0.29, 0.717) is 11.3 Å². The van der Waals surface area contributed by atoms with Gasteiger partial charge >= 0.3 is 12.1 Å². The second-order valence-electron chi connectivity index (χ2n) is 3.98. The Morgan fingerprint density at radius 3 is 2.27 bits per heavy atom. The van der Waals surface area contributed by atoms with Crippen molar-refractivity contribution >= 4 is 11.9 Å². The number of hydrogen-bond acceptors (Lipinski definition) is 4. The van der Waals surface area contributed by atoms with Crippen LogP contribution < -0.4 is 15.6 Å². The molecule has 0 aromatic heterocycles. The van der Waals surface area contributed by atoms with Gasteiger partial charge in [0.1, 0.15) is 17.5 Å². The molecule has 1 rings (SSSR count). The highest BCUT2D eigenvalue weighted by atomic mass is 19.4. The molecular formula is C12H13F4NO5. The third kappa shape index (κ3) is 6.88. The van der Waals surface area contributed by atoms with Crippen LogP contribution in [0.1, 0.15) is 5.56 Å². The van der Waals surface area contributed by atoms with Crippen LogP contribution in [0.25, 0.3) is 0 Å². The molecule has 0 saturated heterocycles. The number of alkyl halides is 3. The second-order valence-corrected chi connectivity index (χ2v) is 3.98. The number of carbonyl (C=O) groups excluding carboxylic acids is 1. The Bertz CT molecular complexity index is 533. The molecular weight excluding hydrogens is 314 g/mol. The topological polar surface area (TPSA) is 114 Å². The van der Waals surface area contributed by atoms with Gasteiger partial charge in [0.15, 0.2) is 6.04 Å². The highest BCUT2D eigenvalue weighted by Crippen LogP contribution is 2.20. The fourth-order valence-corrected chi connectivity index (χ4v) is 1.26. The van der Waals surface area contributed by atoms with Gasteiger partial charge in [-0.05, 0) is 18.2 Å². The van der Waals surface area contributed by atoms with E-state index in [4.69, 9.17) is 19.7 Å². The number of carbonyl (C=O) groups is 2. The van der Waals surface area contributed by atoms with Crippen LogP contribution in [0.15, 0.2) is 18.2 Å². The first kappa shape index (κ1) is 19.6. The van der Waals surface area contributed by atoms with Gasteiger partial charge in [-0.15, -0.1) is 0 Å². The molecule has 124 valence electrons. The maximum Gasteiger partial charge on any atom is 0.430 e. The smallest absolute Gasteiger partial charge is 0.430 e. The number of methoxy groups -OCH3 is 1. The van der Waals surface area contributed by atoms with Crippen LogP contribution in [-0.2, 0) is 16.0 Å². The summed E-state index contributed by atoms with van der Waals surface area (Å²) in [5, 5.41) is 17.5. The Hall–Kier alpha value is -2.36. The van der Waals surface area contributed by atoms with E-state index in [1.165, 1.54) is 25.3 Å². The van der Waals surface area contributed by atoms with Gasteiger partial charge in [-0.1, -0.05) is 0 Å². The molecule has 0 amide bonds. The van der Waals surface area contributed by atoms with Crippen LogP contribution in [0, 0.1) is 5.82 Å². The number of carboxylic acids is 2. The third-order valence-electron chi connectivity index (χ3n) is 2.29. The van der Waals surface area contributed by atoms with Crippen LogP contribution in [-0.4, -0.2) is 36.4 Å². The van der Waals surface area contributed by atoms with Gasteiger partial charge in [0.05, 0.1) is 7.11 Å². The van der Waals surface area contributed by atoms with Crippen molar-refractivity contribution in [3.8, 4) is 5.75 Å². The minimum atomic E-state index is -5.19. The predicted octanol–water partition coefficient (Wildman–Crippen LogP) is -0.629. The lowest BCUT2D eigenvalue weighted by atomic mass is 10.1. The lowest BCUT2D eigenvalue weighted by Gasteiger charge is -2.09. The highest BCUT2D eigenvalue weighted by molar-refractivity contribution is 5.72. The van der Waals surface area contributed by atoms with Crippen molar-refractivity contribution < 1.29 is 47.8 Å². The van der Waals surface area contributed by atoms with Gasteiger partial charge in [-0.2, -0.15) is 13.2 Å². The monoisotopic (exact) mass is 327 g/mol. The summed E-state index contributed by atoms with van der Waals surface area (Å²) in [6, 6.07) is 3.20. The number of quaternary nitrogens is 1. The Kier molecular flexibility index (Phi) is 7.30. The van der Waals surface area contributed by atoms with E-state index in [9.17, 15) is 22.4 Å². The van der Waals surface area contributed by atoms with Crippen molar-refractivity contribution in [3.05, 3.63) is 29.6 Å². The SMILES string of the molecule is COc1ccc(F)cc1CC([NH3+])C(=O)O.O=C([O-])C(F)(F)F. The molecule has 0 radical (unpaired) electrons. The molecule has 1 atom stereocenters. The molecule has 6 nitrogen and oxygen atoms in total. The van der Waals surface area contributed by atoms with Crippen LogP contribution in [0.3, 0.4) is 0 Å². The molecule has 22 heavy (non-hydrogen) atoms. The molecule has 0 saturated carbocycles. The molecule has 0 heterocycles. The van der Waals surface area contributed by atoms with Crippen molar-refractivity contribution in [2.24, 2.45) is 0 Å². The van der Waals surface area contributed by atoms with Crippen molar-refractivity contribution in [1.29, 1.82) is 0 Å². The van der Waals surface area contributed by atoms with Crippen LogP contribution in [0.4, 0.5) is 17.6 Å². The van der Waals surface area contributed by atoms with Crippen LogP contribution in [0.2, 0.25) is 0 Å². The summed E-state index contributed by atoms with van der Waals surface area (Å²) in [5.74, 6) is -3.96. The normalized spacial score (nSPS) is 11.9. The van der Waals surface area contributed by atoms with Gasteiger partial charge in [0, 0.05) is 12.0 Å². The maximum atomic E-state index is 12.9. The number of halogens is 4. The Morgan fingerprint density at radius 1 is 1.41 bits per heavy atom. The average Bonchev–Trinajstić information content (AvgIpc) is 2.38. The molecule has 1 aromatic carbocycles. The maximum absolute atomic E-state index is 12.9. The first-order valence-electron chi connectivity index (χ1n) is 5.65. The molecule has 0 bridgehead atoms. The fraction of sp³-hybridized carbons (Fsp3) is 0.333. The average molecular weight is 327 g/mol. The fourth-order valence-electron chi connectivity index (χ4n) is 1.26. The zero-order valence-corrected chi connectivity index (χ0v) is 11.3. The second kappa shape index (κ2) is 8.17.